The lowest BCUT2D eigenvalue weighted by molar-refractivity contribution is -0.145. The van der Waals surface area contributed by atoms with Crippen molar-refractivity contribution in [3.8, 4) is 0 Å². The van der Waals surface area contributed by atoms with Gasteiger partial charge in [0.25, 0.3) is 0 Å². The predicted octanol–water partition coefficient (Wildman–Crippen LogP) is 1.24. The van der Waals surface area contributed by atoms with Crippen LogP contribution < -0.4 is 10.6 Å². The van der Waals surface area contributed by atoms with E-state index in [2.05, 4.69) is 10.6 Å². The van der Waals surface area contributed by atoms with E-state index in [0.717, 1.165) is 0 Å². The van der Waals surface area contributed by atoms with E-state index in [4.69, 9.17) is 11.6 Å². The first-order valence-electron chi connectivity index (χ1n) is 9.18. The number of aliphatic hydroxyl groups excluding tert-OH is 1. The number of carbonyl (C=O) groups is 3. The lowest BCUT2D eigenvalue weighted by Crippen LogP contribution is -2.55. The molecule has 3 N–H and O–H groups in total. The normalized spacial score (nSPS) is 34.0. The van der Waals surface area contributed by atoms with Crippen molar-refractivity contribution in [2.75, 3.05) is 5.32 Å². The highest BCUT2D eigenvalue weighted by Gasteiger charge is 2.71. The molecule has 0 unspecified atom stereocenters. The molecule has 3 aliphatic heterocycles. The maximum atomic E-state index is 13.3. The Kier molecular flexibility index (Phi) is 4.10. The van der Waals surface area contributed by atoms with Crippen LogP contribution in [0.15, 0.2) is 18.2 Å². The summed E-state index contributed by atoms with van der Waals surface area (Å²) in [7, 11) is 0. The molecule has 1 aromatic carbocycles. The molecule has 3 heterocycles. The highest BCUT2D eigenvalue weighted by molar-refractivity contribution is 6.31. The highest BCUT2D eigenvalue weighted by Crippen LogP contribution is 2.54. The number of carbonyl (C=O) groups excluding carboxylic acids is 3. The molecule has 4 rings (SSSR count). The van der Waals surface area contributed by atoms with Crippen LogP contribution in [0, 0.1) is 11.8 Å². The van der Waals surface area contributed by atoms with Crippen molar-refractivity contribution in [3.63, 3.8) is 0 Å². The van der Waals surface area contributed by atoms with Crippen molar-refractivity contribution in [2.45, 2.75) is 50.9 Å². The number of rotatable bonds is 3. The second-order valence-corrected chi connectivity index (χ2v) is 8.11. The van der Waals surface area contributed by atoms with Crippen LogP contribution >= 0.6 is 11.6 Å². The van der Waals surface area contributed by atoms with E-state index in [1.807, 2.05) is 13.8 Å². The SMILES string of the molecule is CC[C@H](C)N1C(=O)[C@@H]2[C@@H]([C@@H](C)O)N[C@@]3(C(=O)Nc4ccc(Cl)cc43)[C@@H]2C1=O. The summed E-state index contributed by atoms with van der Waals surface area (Å²) in [5, 5.41) is 16.7. The third-order valence-electron chi connectivity index (χ3n) is 6.20. The minimum Gasteiger partial charge on any atom is -0.392 e. The first-order valence-corrected chi connectivity index (χ1v) is 9.56. The van der Waals surface area contributed by atoms with Gasteiger partial charge in [-0.1, -0.05) is 18.5 Å². The molecule has 0 radical (unpaired) electrons. The van der Waals surface area contributed by atoms with E-state index in [1.165, 1.54) is 4.90 Å². The molecule has 2 fully saturated rings. The summed E-state index contributed by atoms with van der Waals surface area (Å²) in [5.41, 5.74) is -0.309. The molecular weight excluding hydrogens is 370 g/mol. The molecule has 6 atom stereocenters. The van der Waals surface area contributed by atoms with Gasteiger partial charge in [-0.05, 0) is 38.5 Å². The Hall–Kier alpha value is -1.96. The van der Waals surface area contributed by atoms with Gasteiger partial charge >= 0.3 is 0 Å². The van der Waals surface area contributed by atoms with Crippen molar-refractivity contribution in [2.24, 2.45) is 11.8 Å². The Morgan fingerprint density at radius 1 is 1.26 bits per heavy atom. The van der Waals surface area contributed by atoms with E-state index < -0.39 is 35.4 Å². The number of nitrogens with zero attached hydrogens (tertiary/aromatic N) is 1. The summed E-state index contributed by atoms with van der Waals surface area (Å²) in [6.45, 7) is 5.27. The number of aliphatic hydroxyl groups is 1. The Balaban J connectivity index is 1.92. The molecule has 3 aliphatic rings. The first-order chi connectivity index (χ1) is 12.7. The van der Waals surface area contributed by atoms with Crippen LogP contribution in [0.2, 0.25) is 5.02 Å². The minimum absolute atomic E-state index is 0.273. The molecule has 0 aliphatic carbocycles. The van der Waals surface area contributed by atoms with E-state index in [0.29, 0.717) is 22.7 Å². The zero-order valence-electron chi connectivity index (χ0n) is 15.3. The molecule has 0 aromatic heterocycles. The number of halogens is 1. The maximum absolute atomic E-state index is 13.3. The van der Waals surface area contributed by atoms with Gasteiger partial charge in [0.1, 0.15) is 5.54 Å². The third kappa shape index (κ3) is 2.25. The topological polar surface area (TPSA) is 98.7 Å². The smallest absolute Gasteiger partial charge is 0.250 e. The molecule has 2 saturated heterocycles. The molecule has 0 bridgehead atoms. The van der Waals surface area contributed by atoms with E-state index in [1.54, 1.807) is 25.1 Å². The van der Waals surface area contributed by atoms with Gasteiger partial charge in [-0.15, -0.1) is 0 Å². The number of fused-ring (bicyclic) bond motifs is 4. The zero-order valence-corrected chi connectivity index (χ0v) is 16.1. The fraction of sp³-hybridized carbons (Fsp3) is 0.526. The third-order valence-corrected chi connectivity index (χ3v) is 6.43. The van der Waals surface area contributed by atoms with E-state index >= 15 is 0 Å². The highest BCUT2D eigenvalue weighted by atomic mass is 35.5. The number of likely N-dealkylation sites (tertiary alicyclic amines) is 1. The number of amides is 3. The molecule has 7 nitrogen and oxygen atoms in total. The zero-order chi connectivity index (χ0) is 19.7. The van der Waals surface area contributed by atoms with Crippen LogP contribution in [-0.4, -0.2) is 45.9 Å². The number of anilines is 1. The van der Waals surface area contributed by atoms with Gasteiger partial charge in [-0.2, -0.15) is 0 Å². The maximum Gasteiger partial charge on any atom is 0.250 e. The average molecular weight is 392 g/mol. The number of hydrogen-bond acceptors (Lipinski definition) is 5. The van der Waals surface area contributed by atoms with Crippen molar-refractivity contribution in [1.82, 2.24) is 10.2 Å². The second kappa shape index (κ2) is 6.02. The molecule has 1 spiro atoms. The second-order valence-electron chi connectivity index (χ2n) is 7.67. The van der Waals surface area contributed by atoms with Gasteiger partial charge in [0.2, 0.25) is 17.7 Å². The Labute approximate surface area is 162 Å². The molecule has 8 heteroatoms. The summed E-state index contributed by atoms with van der Waals surface area (Å²) in [5.74, 6) is -2.83. The Morgan fingerprint density at radius 3 is 2.59 bits per heavy atom. The molecule has 3 amide bonds. The lowest BCUT2D eigenvalue weighted by atomic mass is 9.76. The van der Waals surface area contributed by atoms with Gasteiger partial charge in [0.05, 0.1) is 17.9 Å². The summed E-state index contributed by atoms with van der Waals surface area (Å²) >= 11 is 6.16. The predicted molar refractivity (Wildman–Crippen MR) is 99.0 cm³/mol. The summed E-state index contributed by atoms with van der Waals surface area (Å²) in [6, 6.07) is 4.00. The Bertz CT molecular complexity index is 857. The van der Waals surface area contributed by atoms with Gasteiger partial charge in [0.15, 0.2) is 0 Å². The van der Waals surface area contributed by atoms with E-state index in [-0.39, 0.29) is 17.9 Å². The lowest BCUT2D eigenvalue weighted by Gasteiger charge is -2.31. The van der Waals surface area contributed by atoms with Crippen LogP contribution in [0.4, 0.5) is 5.69 Å². The largest absolute Gasteiger partial charge is 0.392 e. The standard InChI is InChI=1S/C19H22ClN3O4/c1-4-8(2)23-16(25)13-14(17(23)26)19(22-15(13)9(3)24)11-7-10(20)5-6-12(11)21-18(19)27/h5-9,13-15,22,24H,4H2,1-3H3,(H,21,27)/t8-,9+,13-,14-,15+,19+/m0/s1. The fourth-order valence-corrected chi connectivity index (χ4v) is 4.93. The van der Waals surface area contributed by atoms with Crippen molar-refractivity contribution < 1.29 is 19.5 Å². The van der Waals surface area contributed by atoms with Crippen LogP contribution in [0.25, 0.3) is 0 Å². The van der Waals surface area contributed by atoms with Crippen LogP contribution in [0.5, 0.6) is 0 Å². The minimum atomic E-state index is -1.42. The monoisotopic (exact) mass is 391 g/mol. The number of nitrogens with one attached hydrogen (secondary N) is 2. The molecule has 0 saturated carbocycles. The molecular formula is C19H22ClN3O4. The first kappa shape index (κ1) is 18.4. The van der Waals surface area contributed by atoms with Crippen LogP contribution in [0.1, 0.15) is 32.8 Å². The van der Waals surface area contributed by atoms with Gasteiger partial charge < -0.3 is 10.4 Å². The van der Waals surface area contributed by atoms with Crippen molar-refractivity contribution >= 4 is 35.0 Å². The number of benzene rings is 1. The van der Waals surface area contributed by atoms with Crippen molar-refractivity contribution in [3.05, 3.63) is 28.8 Å². The fourth-order valence-electron chi connectivity index (χ4n) is 4.76. The summed E-state index contributed by atoms with van der Waals surface area (Å²) in [4.78, 5) is 40.8. The van der Waals surface area contributed by atoms with Crippen LogP contribution in [0.3, 0.4) is 0 Å². The summed E-state index contributed by atoms with van der Waals surface area (Å²) in [6.07, 6.45) is -0.299. The summed E-state index contributed by atoms with van der Waals surface area (Å²) < 4.78 is 0. The number of hydrogen-bond donors (Lipinski definition) is 3. The molecule has 27 heavy (non-hydrogen) atoms. The molecule has 144 valence electrons. The van der Waals surface area contributed by atoms with Crippen molar-refractivity contribution in [1.29, 1.82) is 0 Å². The van der Waals surface area contributed by atoms with Gasteiger partial charge in [-0.25, -0.2) is 0 Å². The molecule has 1 aromatic rings. The average Bonchev–Trinajstić information content (AvgIpc) is 3.20. The van der Waals surface area contributed by atoms with Gasteiger partial charge in [-0.3, -0.25) is 24.6 Å². The Morgan fingerprint density at radius 2 is 1.96 bits per heavy atom. The van der Waals surface area contributed by atoms with Crippen LogP contribution in [-0.2, 0) is 19.9 Å². The van der Waals surface area contributed by atoms with Gasteiger partial charge in [0, 0.05) is 28.4 Å². The van der Waals surface area contributed by atoms with E-state index in [9.17, 15) is 19.5 Å². The number of imide groups is 1. The quantitative estimate of drug-likeness (QED) is 0.673.